The Balaban J connectivity index is 1.50. The van der Waals surface area contributed by atoms with E-state index in [4.69, 9.17) is 9.47 Å². The SMILES string of the molecule is CC(C)c1ccccc1NC(=O)[C@H](C)OC(=O)COc1ccc2c(c1)CCC2. The van der Waals surface area contributed by atoms with E-state index in [1.54, 1.807) is 6.92 Å². The molecular formula is C23H27NO4. The van der Waals surface area contributed by atoms with Gasteiger partial charge in [0, 0.05) is 5.69 Å². The van der Waals surface area contributed by atoms with Crippen LogP contribution < -0.4 is 10.1 Å². The number of nitrogens with one attached hydrogen (secondary N) is 1. The molecule has 0 saturated carbocycles. The van der Waals surface area contributed by atoms with Crippen LogP contribution in [0.1, 0.15) is 49.8 Å². The summed E-state index contributed by atoms with van der Waals surface area (Å²) in [5.41, 5.74) is 4.40. The second-order valence-corrected chi connectivity index (χ2v) is 7.44. The summed E-state index contributed by atoms with van der Waals surface area (Å²) in [6, 6.07) is 13.5. The molecule has 3 rings (SSSR count). The first-order valence-corrected chi connectivity index (χ1v) is 9.78. The summed E-state index contributed by atoms with van der Waals surface area (Å²) >= 11 is 0. The van der Waals surface area contributed by atoms with E-state index in [0.717, 1.165) is 30.5 Å². The maximum atomic E-state index is 12.4. The number of esters is 1. The van der Waals surface area contributed by atoms with Gasteiger partial charge in [-0.25, -0.2) is 4.79 Å². The number of hydrogen-bond acceptors (Lipinski definition) is 4. The van der Waals surface area contributed by atoms with Gasteiger partial charge in [-0.3, -0.25) is 4.79 Å². The van der Waals surface area contributed by atoms with Gasteiger partial charge in [0.1, 0.15) is 5.75 Å². The monoisotopic (exact) mass is 381 g/mol. The quantitative estimate of drug-likeness (QED) is 0.728. The molecule has 1 aliphatic rings. The molecule has 5 heteroatoms. The highest BCUT2D eigenvalue weighted by Crippen LogP contribution is 2.26. The zero-order chi connectivity index (χ0) is 20.1. The number of fused-ring (bicyclic) bond motifs is 1. The number of aryl methyl sites for hydroxylation is 2. The lowest BCUT2D eigenvalue weighted by Gasteiger charge is -2.17. The fourth-order valence-corrected chi connectivity index (χ4v) is 3.41. The maximum absolute atomic E-state index is 12.4. The van der Waals surface area contributed by atoms with Gasteiger partial charge in [-0.1, -0.05) is 38.1 Å². The van der Waals surface area contributed by atoms with Crippen molar-refractivity contribution in [3.8, 4) is 5.75 Å². The minimum atomic E-state index is -0.906. The summed E-state index contributed by atoms with van der Waals surface area (Å²) in [6.07, 6.45) is 2.40. The Kier molecular flexibility index (Phi) is 6.34. The number of carbonyl (C=O) groups excluding carboxylic acids is 2. The lowest BCUT2D eigenvalue weighted by molar-refractivity contribution is -0.155. The van der Waals surface area contributed by atoms with Crippen LogP contribution in [0.5, 0.6) is 5.75 Å². The zero-order valence-corrected chi connectivity index (χ0v) is 16.7. The first-order chi connectivity index (χ1) is 13.4. The molecule has 0 bridgehead atoms. The van der Waals surface area contributed by atoms with Crippen molar-refractivity contribution in [2.45, 2.75) is 52.1 Å². The van der Waals surface area contributed by atoms with Gasteiger partial charge in [0.25, 0.3) is 5.91 Å². The number of carbonyl (C=O) groups is 2. The Morgan fingerprint density at radius 3 is 2.57 bits per heavy atom. The number of hydrogen-bond donors (Lipinski definition) is 1. The highest BCUT2D eigenvalue weighted by Gasteiger charge is 2.20. The first-order valence-electron chi connectivity index (χ1n) is 9.78. The largest absolute Gasteiger partial charge is 0.482 e. The molecule has 1 atom stereocenters. The summed E-state index contributed by atoms with van der Waals surface area (Å²) in [5.74, 6) is -0.00471. The summed E-state index contributed by atoms with van der Waals surface area (Å²) in [7, 11) is 0. The third kappa shape index (κ3) is 4.91. The van der Waals surface area contributed by atoms with Crippen LogP contribution in [0, 0.1) is 0 Å². The normalized spacial score (nSPS) is 13.7. The predicted octanol–water partition coefficient (Wildman–Crippen LogP) is 4.25. The molecule has 0 unspecified atom stereocenters. The van der Waals surface area contributed by atoms with Crippen molar-refractivity contribution in [3.63, 3.8) is 0 Å². The molecule has 1 amide bonds. The van der Waals surface area contributed by atoms with Crippen molar-refractivity contribution in [2.75, 3.05) is 11.9 Å². The van der Waals surface area contributed by atoms with Crippen molar-refractivity contribution in [2.24, 2.45) is 0 Å². The Morgan fingerprint density at radius 1 is 1.04 bits per heavy atom. The third-order valence-corrected chi connectivity index (χ3v) is 4.94. The number of anilines is 1. The average Bonchev–Trinajstić information content (AvgIpc) is 3.14. The first kappa shape index (κ1) is 19.9. The van der Waals surface area contributed by atoms with Crippen LogP contribution in [-0.4, -0.2) is 24.6 Å². The average molecular weight is 381 g/mol. The van der Waals surface area contributed by atoms with E-state index < -0.39 is 12.1 Å². The Hall–Kier alpha value is -2.82. The molecule has 0 heterocycles. The maximum Gasteiger partial charge on any atom is 0.344 e. The third-order valence-electron chi connectivity index (χ3n) is 4.94. The van der Waals surface area contributed by atoms with Crippen LogP contribution in [0.3, 0.4) is 0 Å². The van der Waals surface area contributed by atoms with Crippen LogP contribution in [0.15, 0.2) is 42.5 Å². The second kappa shape index (κ2) is 8.91. The smallest absolute Gasteiger partial charge is 0.344 e. The summed E-state index contributed by atoms with van der Waals surface area (Å²) in [5, 5.41) is 2.84. The number of amides is 1. The van der Waals surface area contributed by atoms with E-state index in [9.17, 15) is 9.59 Å². The molecule has 148 valence electrons. The van der Waals surface area contributed by atoms with E-state index in [0.29, 0.717) is 5.75 Å². The standard InChI is InChI=1S/C23H27NO4/c1-15(2)20-9-4-5-10-21(20)24-23(26)16(3)28-22(25)14-27-19-12-11-17-7-6-8-18(17)13-19/h4-5,9-13,15-16H,6-8,14H2,1-3H3,(H,24,26)/t16-/m0/s1. The molecule has 2 aromatic carbocycles. The van der Waals surface area contributed by atoms with Gasteiger partial charge in [0.2, 0.25) is 0 Å². The molecule has 0 fully saturated rings. The van der Waals surface area contributed by atoms with Crippen molar-refractivity contribution in [1.82, 2.24) is 0 Å². The van der Waals surface area contributed by atoms with Crippen LogP contribution in [0.4, 0.5) is 5.69 Å². The fourth-order valence-electron chi connectivity index (χ4n) is 3.41. The van der Waals surface area contributed by atoms with Crippen molar-refractivity contribution in [3.05, 3.63) is 59.2 Å². The van der Waals surface area contributed by atoms with E-state index in [-0.39, 0.29) is 18.4 Å². The molecule has 1 aliphatic carbocycles. The topological polar surface area (TPSA) is 64.6 Å². The number of para-hydroxylation sites is 1. The van der Waals surface area contributed by atoms with Gasteiger partial charge in [0.05, 0.1) is 0 Å². The van der Waals surface area contributed by atoms with Gasteiger partial charge >= 0.3 is 5.97 Å². The summed E-state index contributed by atoms with van der Waals surface area (Å²) in [6.45, 7) is 5.45. The van der Waals surface area contributed by atoms with Crippen molar-refractivity contribution in [1.29, 1.82) is 0 Å². The predicted molar refractivity (Wildman–Crippen MR) is 109 cm³/mol. The minimum absolute atomic E-state index is 0.223. The molecule has 0 radical (unpaired) electrons. The van der Waals surface area contributed by atoms with E-state index >= 15 is 0 Å². The summed E-state index contributed by atoms with van der Waals surface area (Å²) in [4.78, 5) is 24.5. The molecule has 1 N–H and O–H groups in total. The molecular weight excluding hydrogens is 354 g/mol. The number of ether oxygens (including phenoxy) is 2. The fraction of sp³-hybridized carbons (Fsp3) is 0.391. The molecule has 28 heavy (non-hydrogen) atoms. The molecule has 0 aliphatic heterocycles. The Morgan fingerprint density at radius 2 is 1.79 bits per heavy atom. The summed E-state index contributed by atoms with van der Waals surface area (Å²) < 4.78 is 10.8. The Labute approximate surface area is 166 Å². The lowest BCUT2D eigenvalue weighted by Crippen LogP contribution is -2.32. The Bertz CT molecular complexity index is 859. The van der Waals surface area contributed by atoms with Crippen LogP contribution in [0.25, 0.3) is 0 Å². The van der Waals surface area contributed by atoms with Crippen LogP contribution >= 0.6 is 0 Å². The molecule has 0 saturated heterocycles. The number of rotatable bonds is 7. The van der Waals surface area contributed by atoms with Crippen molar-refractivity contribution >= 4 is 17.6 Å². The van der Waals surface area contributed by atoms with E-state index in [1.807, 2.05) is 42.5 Å². The van der Waals surface area contributed by atoms with E-state index in [2.05, 4.69) is 19.2 Å². The molecule has 5 nitrogen and oxygen atoms in total. The molecule has 0 aromatic heterocycles. The van der Waals surface area contributed by atoms with Gasteiger partial charge in [-0.15, -0.1) is 0 Å². The van der Waals surface area contributed by atoms with Crippen LogP contribution in [-0.2, 0) is 27.2 Å². The number of benzene rings is 2. The minimum Gasteiger partial charge on any atom is -0.482 e. The van der Waals surface area contributed by atoms with Gasteiger partial charge < -0.3 is 14.8 Å². The van der Waals surface area contributed by atoms with Crippen molar-refractivity contribution < 1.29 is 19.1 Å². The van der Waals surface area contributed by atoms with E-state index in [1.165, 1.54) is 11.1 Å². The second-order valence-electron chi connectivity index (χ2n) is 7.44. The van der Waals surface area contributed by atoms with Crippen LogP contribution in [0.2, 0.25) is 0 Å². The molecule has 2 aromatic rings. The zero-order valence-electron chi connectivity index (χ0n) is 16.7. The highest BCUT2D eigenvalue weighted by molar-refractivity contribution is 5.95. The van der Waals surface area contributed by atoms with Gasteiger partial charge in [-0.05, 0) is 67.0 Å². The molecule has 0 spiro atoms. The lowest BCUT2D eigenvalue weighted by atomic mass is 10.0. The van der Waals surface area contributed by atoms with Gasteiger partial charge in [-0.2, -0.15) is 0 Å². The highest BCUT2D eigenvalue weighted by atomic mass is 16.6. The van der Waals surface area contributed by atoms with Gasteiger partial charge in [0.15, 0.2) is 12.7 Å².